The molecule has 2 unspecified atom stereocenters. The monoisotopic (exact) mass is 172 g/mol. The van der Waals surface area contributed by atoms with E-state index in [2.05, 4.69) is 28.9 Å². The first-order chi connectivity index (χ1) is 5.38. The highest BCUT2D eigenvalue weighted by atomic mass is 32.2. The summed E-state index contributed by atoms with van der Waals surface area (Å²) in [7, 11) is 0. The molecule has 2 atom stereocenters. The molecule has 2 nitrogen and oxygen atoms in total. The van der Waals surface area contributed by atoms with Crippen molar-refractivity contribution >= 4 is 11.8 Å². The zero-order valence-corrected chi connectivity index (χ0v) is 7.86. The first-order valence-corrected chi connectivity index (χ1v) is 5.57. The molecule has 0 radical (unpaired) electrons. The van der Waals surface area contributed by atoms with Crippen molar-refractivity contribution in [3.05, 3.63) is 0 Å². The van der Waals surface area contributed by atoms with Gasteiger partial charge in [0, 0.05) is 43.2 Å². The van der Waals surface area contributed by atoms with Crippen LogP contribution in [0.15, 0.2) is 0 Å². The van der Waals surface area contributed by atoms with Crippen LogP contribution in [0, 0.1) is 0 Å². The maximum atomic E-state index is 3.48. The van der Waals surface area contributed by atoms with Gasteiger partial charge in [-0.3, -0.25) is 4.90 Å². The Kier molecular flexibility index (Phi) is 2.39. The molecule has 1 N–H and O–H groups in total. The highest BCUT2D eigenvalue weighted by Gasteiger charge is 2.29. The molecular formula is C8H16N2S. The SMILES string of the molecule is CC1CNCC2CSCCN12. The van der Waals surface area contributed by atoms with Crippen molar-refractivity contribution in [2.75, 3.05) is 31.1 Å². The van der Waals surface area contributed by atoms with Crippen LogP contribution in [-0.4, -0.2) is 48.1 Å². The highest BCUT2D eigenvalue weighted by Crippen LogP contribution is 2.20. The lowest BCUT2D eigenvalue weighted by atomic mass is 10.1. The van der Waals surface area contributed by atoms with Crippen molar-refractivity contribution < 1.29 is 0 Å². The average Bonchev–Trinajstić information content (AvgIpc) is 2.06. The van der Waals surface area contributed by atoms with Crippen LogP contribution in [0.25, 0.3) is 0 Å². The quantitative estimate of drug-likeness (QED) is 0.569. The summed E-state index contributed by atoms with van der Waals surface area (Å²) in [4.78, 5) is 2.66. The lowest BCUT2D eigenvalue weighted by Crippen LogP contribution is -2.59. The Morgan fingerprint density at radius 1 is 1.45 bits per heavy atom. The van der Waals surface area contributed by atoms with Gasteiger partial charge in [0.25, 0.3) is 0 Å². The van der Waals surface area contributed by atoms with Gasteiger partial charge < -0.3 is 5.32 Å². The first kappa shape index (κ1) is 7.90. The van der Waals surface area contributed by atoms with Crippen molar-refractivity contribution in [2.24, 2.45) is 0 Å². The predicted octanol–water partition coefficient (Wildman–Crippen LogP) is 0.395. The van der Waals surface area contributed by atoms with E-state index in [-0.39, 0.29) is 0 Å². The van der Waals surface area contributed by atoms with Crippen LogP contribution < -0.4 is 5.32 Å². The molecule has 11 heavy (non-hydrogen) atoms. The van der Waals surface area contributed by atoms with Crippen molar-refractivity contribution in [3.8, 4) is 0 Å². The highest BCUT2D eigenvalue weighted by molar-refractivity contribution is 7.99. The largest absolute Gasteiger partial charge is 0.314 e. The minimum atomic E-state index is 0.759. The maximum Gasteiger partial charge on any atom is 0.0314 e. The second-order valence-corrected chi connectivity index (χ2v) is 4.62. The Hall–Kier alpha value is 0.270. The zero-order valence-electron chi connectivity index (χ0n) is 7.05. The van der Waals surface area contributed by atoms with E-state index in [1.54, 1.807) is 0 Å². The predicted molar refractivity (Wildman–Crippen MR) is 50.2 cm³/mol. The fourth-order valence-corrected chi connectivity index (χ4v) is 3.09. The number of nitrogens with zero attached hydrogens (tertiary/aromatic N) is 1. The van der Waals surface area contributed by atoms with Gasteiger partial charge in [-0.25, -0.2) is 0 Å². The molecule has 2 saturated heterocycles. The van der Waals surface area contributed by atoms with E-state index in [9.17, 15) is 0 Å². The van der Waals surface area contributed by atoms with Crippen LogP contribution in [-0.2, 0) is 0 Å². The fourth-order valence-electron chi connectivity index (χ4n) is 2.00. The lowest BCUT2D eigenvalue weighted by molar-refractivity contribution is 0.124. The molecule has 0 aromatic rings. The van der Waals surface area contributed by atoms with Crippen LogP contribution in [0.4, 0.5) is 0 Å². The van der Waals surface area contributed by atoms with Crippen LogP contribution in [0.5, 0.6) is 0 Å². The summed E-state index contributed by atoms with van der Waals surface area (Å²) < 4.78 is 0. The van der Waals surface area contributed by atoms with Crippen LogP contribution in [0.2, 0.25) is 0 Å². The summed E-state index contributed by atoms with van der Waals surface area (Å²) in [6.07, 6.45) is 0. The summed E-state index contributed by atoms with van der Waals surface area (Å²) in [5.41, 5.74) is 0. The first-order valence-electron chi connectivity index (χ1n) is 4.42. The molecule has 0 aliphatic carbocycles. The molecule has 2 aliphatic heterocycles. The van der Waals surface area contributed by atoms with Gasteiger partial charge in [0.1, 0.15) is 0 Å². The van der Waals surface area contributed by atoms with E-state index in [4.69, 9.17) is 0 Å². The van der Waals surface area contributed by atoms with Crippen LogP contribution in [0.3, 0.4) is 0 Å². The smallest absolute Gasteiger partial charge is 0.0314 e. The van der Waals surface area contributed by atoms with Gasteiger partial charge in [0.2, 0.25) is 0 Å². The molecule has 2 fully saturated rings. The molecule has 0 bridgehead atoms. The molecule has 2 aliphatic rings. The summed E-state index contributed by atoms with van der Waals surface area (Å²) in [5, 5.41) is 3.48. The third-order valence-corrected chi connectivity index (χ3v) is 3.75. The molecule has 3 heteroatoms. The number of piperazine rings is 1. The van der Waals surface area contributed by atoms with Crippen LogP contribution in [0.1, 0.15) is 6.92 Å². The lowest BCUT2D eigenvalue weighted by Gasteiger charge is -2.43. The topological polar surface area (TPSA) is 15.3 Å². The molecule has 0 spiro atoms. The van der Waals surface area contributed by atoms with Gasteiger partial charge in [0.05, 0.1) is 0 Å². The minimum Gasteiger partial charge on any atom is -0.314 e. The van der Waals surface area contributed by atoms with Crippen molar-refractivity contribution in [3.63, 3.8) is 0 Å². The normalized spacial score (nSPS) is 40.1. The number of rotatable bonds is 0. The molecule has 0 saturated carbocycles. The Bertz CT molecular complexity index is 138. The molecule has 2 rings (SSSR count). The Labute approximate surface area is 72.7 Å². The van der Waals surface area contributed by atoms with Gasteiger partial charge in [-0.15, -0.1) is 0 Å². The summed E-state index contributed by atoms with van der Waals surface area (Å²) in [6.45, 7) is 6.02. The minimum absolute atomic E-state index is 0.759. The van der Waals surface area contributed by atoms with E-state index in [1.807, 2.05) is 0 Å². The van der Waals surface area contributed by atoms with Crippen LogP contribution >= 0.6 is 11.8 Å². The van der Waals surface area contributed by atoms with Gasteiger partial charge in [-0.2, -0.15) is 11.8 Å². The van der Waals surface area contributed by atoms with E-state index < -0.39 is 0 Å². The number of hydrogen-bond acceptors (Lipinski definition) is 3. The maximum absolute atomic E-state index is 3.48. The van der Waals surface area contributed by atoms with E-state index >= 15 is 0 Å². The second-order valence-electron chi connectivity index (χ2n) is 3.47. The second kappa shape index (κ2) is 3.33. The standard InChI is InChI=1S/C8H16N2S/c1-7-4-9-5-8-6-11-3-2-10(7)8/h7-9H,2-6H2,1H3. The summed E-state index contributed by atoms with van der Waals surface area (Å²) in [5.74, 6) is 2.66. The number of thioether (sulfide) groups is 1. The molecule has 0 amide bonds. The Balaban J connectivity index is 1.99. The molecular weight excluding hydrogens is 156 g/mol. The van der Waals surface area contributed by atoms with Gasteiger partial charge in [-0.05, 0) is 6.92 Å². The molecule has 0 aromatic carbocycles. The Morgan fingerprint density at radius 3 is 3.18 bits per heavy atom. The third kappa shape index (κ3) is 1.55. The van der Waals surface area contributed by atoms with Crippen molar-refractivity contribution in [1.29, 1.82) is 0 Å². The van der Waals surface area contributed by atoms with Crippen molar-refractivity contribution in [1.82, 2.24) is 10.2 Å². The average molecular weight is 172 g/mol. The third-order valence-electron chi connectivity index (χ3n) is 2.66. The molecule has 0 aromatic heterocycles. The zero-order chi connectivity index (χ0) is 7.68. The molecule has 64 valence electrons. The van der Waals surface area contributed by atoms with E-state index in [0.717, 1.165) is 12.1 Å². The number of fused-ring (bicyclic) bond motifs is 1. The molecule has 2 heterocycles. The summed E-state index contributed by atoms with van der Waals surface area (Å²) >= 11 is 2.10. The number of hydrogen-bond donors (Lipinski definition) is 1. The van der Waals surface area contributed by atoms with Gasteiger partial charge in [0.15, 0.2) is 0 Å². The van der Waals surface area contributed by atoms with Gasteiger partial charge >= 0.3 is 0 Å². The van der Waals surface area contributed by atoms with E-state index in [1.165, 1.54) is 31.1 Å². The van der Waals surface area contributed by atoms with Gasteiger partial charge in [-0.1, -0.05) is 0 Å². The van der Waals surface area contributed by atoms with E-state index in [0.29, 0.717) is 0 Å². The van der Waals surface area contributed by atoms with Crippen molar-refractivity contribution in [2.45, 2.75) is 19.0 Å². The number of nitrogens with one attached hydrogen (secondary N) is 1. The Morgan fingerprint density at radius 2 is 2.36 bits per heavy atom. The summed E-state index contributed by atoms with van der Waals surface area (Å²) in [6, 6.07) is 1.58. The fraction of sp³-hybridized carbons (Fsp3) is 1.00.